The SMILES string of the molecule is CC(CC(O)CO)c1ccc(N)cc1. The Bertz CT molecular complexity index is 271. The van der Waals surface area contributed by atoms with Crippen molar-refractivity contribution >= 4 is 5.69 Å². The van der Waals surface area contributed by atoms with Crippen LogP contribution in [0, 0.1) is 0 Å². The first-order valence-electron chi connectivity index (χ1n) is 4.78. The number of anilines is 1. The highest BCUT2D eigenvalue weighted by Crippen LogP contribution is 2.21. The van der Waals surface area contributed by atoms with Crippen molar-refractivity contribution in [3.63, 3.8) is 0 Å². The van der Waals surface area contributed by atoms with Crippen LogP contribution in [-0.2, 0) is 0 Å². The summed E-state index contributed by atoms with van der Waals surface area (Å²) < 4.78 is 0. The van der Waals surface area contributed by atoms with Crippen molar-refractivity contribution in [2.24, 2.45) is 0 Å². The number of aliphatic hydroxyl groups is 2. The summed E-state index contributed by atoms with van der Waals surface area (Å²) in [6.45, 7) is 1.84. The quantitative estimate of drug-likeness (QED) is 0.631. The molecule has 0 radical (unpaired) electrons. The highest BCUT2D eigenvalue weighted by molar-refractivity contribution is 5.40. The first-order valence-corrected chi connectivity index (χ1v) is 4.78. The number of nitrogens with two attached hydrogens (primary N) is 1. The van der Waals surface area contributed by atoms with Crippen molar-refractivity contribution in [1.82, 2.24) is 0 Å². The molecule has 0 heterocycles. The Labute approximate surface area is 84.2 Å². The lowest BCUT2D eigenvalue weighted by atomic mass is 9.95. The lowest BCUT2D eigenvalue weighted by Gasteiger charge is -2.15. The maximum atomic E-state index is 9.27. The van der Waals surface area contributed by atoms with Crippen LogP contribution in [0.5, 0.6) is 0 Å². The largest absolute Gasteiger partial charge is 0.399 e. The van der Waals surface area contributed by atoms with Gasteiger partial charge in [-0.25, -0.2) is 0 Å². The molecule has 1 rings (SSSR count). The number of hydrogen-bond acceptors (Lipinski definition) is 3. The Kier molecular flexibility index (Phi) is 3.92. The third-order valence-corrected chi connectivity index (χ3v) is 2.34. The zero-order valence-corrected chi connectivity index (χ0v) is 8.35. The van der Waals surface area contributed by atoms with Gasteiger partial charge < -0.3 is 15.9 Å². The van der Waals surface area contributed by atoms with Gasteiger partial charge in [-0.1, -0.05) is 19.1 Å². The number of benzene rings is 1. The second kappa shape index (κ2) is 4.98. The van der Waals surface area contributed by atoms with Crippen molar-refractivity contribution in [2.75, 3.05) is 12.3 Å². The van der Waals surface area contributed by atoms with Crippen LogP contribution in [0.2, 0.25) is 0 Å². The first kappa shape index (κ1) is 11.0. The average molecular weight is 195 g/mol. The van der Waals surface area contributed by atoms with E-state index in [4.69, 9.17) is 10.8 Å². The van der Waals surface area contributed by atoms with Gasteiger partial charge in [0.05, 0.1) is 12.7 Å². The molecule has 0 aliphatic rings. The zero-order chi connectivity index (χ0) is 10.6. The highest BCUT2D eigenvalue weighted by Gasteiger charge is 2.10. The molecule has 0 fully saturated rings. The van der Waals surface area contributed by atoms with Crippen LogP contribution in [0.1, 0.15) is 24.8 Å². The molecule has 0 spiro atoms. The molecule has 0 bridgehead atoms. The fraction of sp³-hybridized carbons (Fsp3) is 0.455. The van der Waals surface area contributed by atoms with E-state index in [2.05, 4.69) is 0 Å². The summed E-state index contributed by atoms with van der Waals surface area (Å²) in [6, 6.07) is 7.59. The molecule has 0 saturated carbocycles. The van der Waals surface area contributed by atoms with Gasteiger partial charge in [0.25, 0.3) is 0 Å². The molecule has 14 heavy (non-hydrogen) atoms. The number of aliphatic hydroxyl groups excluding tert-OH is 2. The molecular weight excluding hydrogens is 178 g/mol. The Morgan fingerprint density at radius 3 is 2.36 bits per heavy atom. The van der Waals surface area contributed by atoms with Crippen LogP contribution >= 0.6 is 0 Å². The number of hydrogen-bond donors (Lipinski definition) is 3. The van der Waals surface area contributed by atoms with E-state index < -0.39 is 6.10 Å². The maximum absolute atomic E-state index is 9.27. The van der Waals surface area contributed by atoms with Crippen LogP contribution in [0.3, 0.4) is 0 Å². The lowest BCUT2D eigenvalue weighted by Crippen LogP contribution is -2.14. The normalized spacial score (nSPS) is 15.1. The van der Waals surface area contributed by atoms with Gasteiger partial charge in [-0.15, -0.1) is 0 Å². The summed E-state index contributed by atoms with van der Waals surface area (Å²) in [5, 5.41) is 18.0. The minimum absolute atomic E-state index is 0.181. The Morgan fingerprint density at radius 2 is 1.86 bits per heavy atom. The van der Waals surface area contributed by atoms with Crippen LogP contribution in [0.4, 0.5) is 5.69 Å². The third kappa shape index (κ3) is 3.01. The molecule has 4 N–H and O–H groups in total. The molecule has 78 valence electrons. The first-order chi connectivity index (χ1) is 6.63. The molecule has 1 aromatic carbocycles. The Balaban J connectivity index is 2.60. The van der Waals surface area contributed by atoms with Crippen molar-refractivity contribution < 1.29 is 10.2 Å². The predicted octanol–water partition coefficient (Wildman–Crippen LogP) is 1.12. The molecule has 0 aliphatic carbocycles. The smallest absolute Gasteiger partial charge is 0.0776 e. The summed E-state index contributed by atoms with van der Waals surface area (Å²) in [4.78, 5) is 0. The second-order valence-electron chi connectivity index (χ2n) is 3.64. The highest BCUT2D eigenvalue weighted by atomic mass is 16.3. The van der Waals surface area contributed by atoms with Crippen LogP contribution < -0.4 is 5.73 Å². The minimum atomic E-state index is -0.637. The van der Waals surface area contributed by atoms with E-state index in [0.717, 1.165) is 11.3 Å². The molecular formula is C11H17NO2. The minimum Gasteiger partial charge on any atom is -0.399 e. The van der Waals surface area contributed by atoms with Crippen molar-refractivity contribution in [2.45, 2.75) is 25.4 Å². The summed E-state index contributed by atoms with van der Waals surface area (Å²) in [5.41, 5.74) is 7.44. The summed E-state index contributed by atoms with van der Waals surface area (Å²) in [5.74, 6) is 0.234. The maximum Gasteiger partial charge on any atom is 0.0776 e. The van der Waals surface area contributed by atoms with E-state index in [0.29, 0.717) is 6.42 Å². The monoisotopic (exact) mass is 195 g/mol. The van der Waals surface area contributed by atoms with E-state index in [1.165, 1.54) is 0 Å². The molecule has 3 nitrogen and oxygen atoms in total. The van der Waals surface area contributed by atoms with Gasteiger partial charge in [-0.2, -0.15) is 0 Å². The van der Waals surface area contributed by atoms with Crippen LogP contribution in [0.25, 0.3) is 0 Å². The van der Waals surface area contributed by atoms with Crippen LogP contribution in [0.15, 0.2) is 24.3 Å². The molecule has 1 aromatic rings. The van der Waals surface area contributed by atoms with Crippen molar-refractivity contribution in [3.8, 4) is 0 Å². The Morgan fingerprint density at radius 1 is 1.29 bits per heavy atom. The fourth-order valence-electron chi connectivity index (χ4n) is 1.44. The van der Waals surface area contributed by atoms with E-state index in [-0.39, 0.29) is 12.5 Å². The van der Waals surface area contributed by atoms with Crippen molar-refractivity contribution in [3.05, 3.63) is 29.8 Å². The Hall–Kier alpha value is -1.06. The van der Waals surface area contributed by atoms with E-state index >= 15 is 0 Å². The van der Waals surface area contributed by atoms with Gasteiger partial charge in [-0.3, -0.25) is 0 Å². The van der Waals surface area contributed by atoms with E-state index in [1.807, 2.05) is 31.2 Å². The number of rotatable bonds is 4. The van der Waals surface area contributed by atoms with Gasteiger partial charge in [0, 0.05) is 5.69 Å². The van der Waals surface area contributed by atoms with Gasteiger partial charge in [0.1, 0.15) is 0 Å². The average Bonchev–Trinajstić information content (AvgIpc) is 2.18. The van der Waals surface area contributed by atoms with Crippen LogP contribution in [-0.4, -0.2) is 22.9 Å². The standard InChI is InChI=1S/C11H17NO2/c1-8(6-11(14)7-13)9-2-4-10(12)5-3-9/h2-5,8,11,13-14H,6-7,12H2,1H3. The van der Waals surface area contributed by atoms with E-state index in [1.54, 1.807) is 0 Å². The van der Waals surface area contributed by atoms with Crippen molar-refractivity contribution in [1.29, 1.82) is 0 Å². The fourth-order valence-corrected chi connectivity index (χ4v) is 1.44. The lowest BCUT2D eigenvalue weighted by molar-refractivity contribution is 0.0835. The molecule has 0 aliphatic heterocycles. The molecule has 2 unspecified atom stereocenters. The van der Waals surface area contributed by atoms with E-state index in [9.17, 15) is 5.11 Å². The summed E-state index contributed by atoms with van der Waals surface area (Å²) in [6.07, 6.45) is -0.0667. The second-order valence-corrected chi connectivity index (χ2v) is 3.64. The predicted molar refractivity (Wildman–Crippen MR) is 57.0 cm³/mol. The third-order valence-electron chi connectivity index (χ3n) is 2.34. The molecule has 2 atom stereocenters. The van der Waals surface area contributed by atoms with Gasteiger partial charge in [0.15, 0.2) is 0 Å². The van der Waals surface area contributed by atoms with Gasteiger partial charge in [-0.05, 0) is 30.0 Å². The molecule has 0 aromatic heterocycles. The summed E-state index contributed by atoms with van der Waals surface area (Å²) >= 11 is 0. The molecule has 0 amide bonds. The van der Waals surface area contributed by atoms with Gasteiger partial charge >= 0.3 is 0 Å². The molecule has 3 heteroatoms. The summed E-state index contributed by atoms with van der Waals surface area (Å²) in [7, 11) is 0. The number of nitrogen functional groups attached to an aromatic ring is 1. The zero-order valence-electron chi connectivity index (χ0n) is 8.35. The van der Waals surface area contributed by atoms with Gasteiger partial charge in [0.2, 0.25) is 0 Å². The topological polar surface area (TPSA) is 66.5 Å². The molecule has 0 saturated heterocycles.